The number of nitrogens with two attached hydrogens (primary N) is 1. The van der Waals surface area contributed by atoms with Crippen LogP contribution in [0.15, 0.2) is 36.4 Å². The van der Waals surface area contributed by atoms with Gasteiger partial charge in [0.1, 0.15) is 11.6 Å². The fourth-order valence-electron chi connectivity index (χ4n) is 1.74. The molecule has 0 atom stereocenters. The molecule has 2 aromatic rings. The van der Waals surface area contributed by atoms with Gasteiger partial charge < -0.3 is 15.2 Å². The maximum absolute atomic E-state index is 6.11. The summed E-state index contributed by atoms with van der Waals surface area (Å²) >= 11 is 16.9. The van der Waals surface area contributed by atoms with Crippen LogP contribution in [0.25, 0.3) is 0 Å². The molecule has 0 unspecified atom stereocenters. The zero-order valence-electron chi connectivity index (χ0n) is 11.2. The molecule has 2 N–H and O–H groups in total. The van der Waals surface area contributed by atoms with Gasteiger partial charge in [-0.3, -0.25) is 0 Å². The third-order valence-electron chi connectivity index (χ3n) is 2.85. The number of halogens is 2. The molecule has 6 heteroatoms. The Morgan fingerprint density at radius 1 is 1.14 bits per heavy atom. The van der Waals surface area contributed by atoms with Gasteiger partial charge >= 0.3 is 0 Å². The summed E-state index contributed by atoms with van der Waals surface area (Å²) in [5, 5.41) is 1.13. The number of ether oxygens (including phenoxy) is 2. The van der Waals surface area contributed by atoms with Crippen LogP contribution in [-0.4, -0.2) is 12.1 Å². The minimum Gasteiger partial charge on any atom is -0.493 e. The molecule has 0 saturated heterocycles. The van der Waals surface area contributed by atoms with Crippen LogP contribution in [0.1, 0.15) is 11.1 Å². The Labute approximate surface area is 138 Å². The Bertz CT molecular complexity index is 677. The zero-order valence-corrected chi connectivity index (χ0v) is 13.6. The minimum atomic E-state index is 0.285. The van der Waals surface area contributed by atoms with Gasteiger partial charge in [0.05, 0.1) is 7.11 Å². The lowest BCUT2D eigenvalue weighted by Gasteiger charge is -2.13. The SMILES string of the molecule is COc1ccc(C(N)=S)cc1OCc1ccc(Cl)cc1Cl. The fraction of sp³-hybridized carbons (Fsp3) is 0.133. The second-order valence-corrected chi connectivity index (χ2v) is 5.54. The van der Waals surface area contributed by atoms with Crippen LogP contribution >= 0.6 is 35.4 Å². The maximum atomic E-state index is 6.11. The first-order chi connectivity index (χ1) is 10.0. The fourth-order valence-corrected chi connectivity index (χ4v) is 2.33. The van der Waals surface area contributed by atoms with Crippen molar-refractivity contribution in [3.8, 4) is 11.5 Å². The Kier molecular flexibility index (Phi) is 5.28. The van der Waals surface area contributed by atoms with Crippen molar-refractivity contribution in [3.63, 3.8) is 0 Å². The van der Waals surface area contributed by atoms with Gasteiger partial charge in [0.25, 0.3) is 0 Å². The molecule has 0 saturated carbocycles. The Morgan fingerprint density at radius 3 is 2.52 bits per heavy atom. The van der Waals surface area contributed by atoms with E-state index in [1.807, 2.05) is 6.07 Å². The van der Waals surface area contributed by atoms with Crippen molar-refractivity contribution >= 4 is 40.4 Å². The van der Waals surface area contributed by atoms with Crippen molar-refractivity contribution in [2.75, 3.05) is 7.11 Å². The minimum absolute atomic E-state index is 0.285. The standard InChI is InChI=1S/C15H13Cl2NO2S/c1-19-13-5-3-9(15(18)21)6-14(13)20-8-10-2-4-11(16)7-12(10)17/h2-7H,8H2,1H3,(H2,18,21). The van der Waals surface area contributed by atoms with Gasteiger partial charge in [-0.25, -0.2) is 0 Å². The van der Waals surface area contributed by atoms with Crippen molar-refractivity contribution in [2.45, 2.75) is 6.61 Å². The lowest BCUT2D eigenvalue weighted by Crippen LogP contribution is -2.09. The van der Waals surface area contributed by atoms with E-state index in [2.05, 4.69) is 0 Å². The van der Waals surface area contributed by atoms with Gasteiger partial charge in [-0.2, -0.15) is 0 Å². The molecule has 2 rings (SSSR count). The van der Waals surface area contributed by atoms with E-state index in [1.165, 1.54) is 0 Å². The number of methoxy groups -OCH3 is 1. The van der Waals surface area contributed by atoms with Crippen molar-refractivity contribution in [1.82, 2.24) is 0 Å². The Balaban J connectivity index is 2.22. The normalized spacial score (nSPS) is 10.2. The van der Waals surface area contributed by atoms with Crippen molar-refractivity contribution in [3.05, 3.63) is 57.6 Å². The molecule has 0 bridgehead atoms. The number of rotatable bonds is 5. The highest BCUT2D eigenvalue weighted by Crippen LogP contribution is 2.30. The highest BCUT2D eigenvalue weighted by molar-refractivity contribution is 7.80. The van der Waals surface area contributed by atoms with E-state index in [4.69, 9.17) is 50.6 Å². The maximum Gasteiger partial charge on any atom is 0.162 e. The van der Waals surface area contributed by atoms with Gasteiger partial charge in [0, 0.05) is 21.2 Å². The van der Waals surface area contributed by atoms with Gasteiger partial charge in [-0.1, -0.05) is 41.5 Å². The molecule has 0 fully saturated rings. The first-order valence-corrected chi connectivity index (χ1v) is 7.22. The van der Waals surface area contributed by atoms with Gasteiger partial charge in [0.15, 0.2) is 11.5 Å². The summed E-state index contributed by atoms with van der Waals surface area (Å²) in [5.74, 6) is 1.15. The molecule has 0 radical (unpaired) electrons. The largest absolute Gasteiger partial charge is 0.493 e. The van der Waals surface area contributed by atoms with Crippen molar-refractivity contribution in [2.24, 2.45) is 5.73 Å². The van der Waals surface area contributed by atoms with Crippen LogP contribution in [-0.2, 0) is 6.61 Å². The Morgan fingerprint density at radius 2 is 1.90 bits per heavy atom. The van der Waals surface area contributed by atoms with Gasteiger partial charge in [-0.05, 0) is 30.3 Å². The second-order valence-electron chi connectivity index (χ2n) is 4.25. The molecule has 0 amide bonds. The molecule has 2 aromatic carbocycles. The zero-order chi connectivity index (χ0) is 15.4. The third kappa shape index (κ3) is 4.00. The number of benzene rings is 2. The average molecular weight is 342 g/mol. The Hall–Kier alpha value is -1.49. The highest BCUT2D eigenvalue weighted by atomic mass is 35.5. The van der Waals surface area contributed by atoms with E-state index in [9.17, 15) is 0 Å². The van der Waals surface area contributed by atoms with Crippen LogP contribution in [0, 0.1) is 0 Å². The first kappa shape index (κ1) is 15.9. The van der Waals surface area contributed by atoms with E-state index in [0.29, 0.717) is 32.1 Å². The topological polar surface area (TPSA) is 44.5 Å². The van der Waals surface area contributed by atoms with E-state index in [-0.39, 0.29) is 6.61 Å². The van der Waals surface area contributed by atoms with Crippen LogP contribution in [0.5, 0.6) is 11.5 Å². The van der Waals surface area contributed by atoms with Crippen molar-refractivity contribution < 1.29 is 9.47 Å². The molecule has 3 nitrogen and oxygen atoms in total. The first-order valence-electron chi connectivity index (χ1n) is 6.06. The van der Waals surface area contributed by atoms with Crippen LogP contribution in [0.3, 0.4) is 0 Å². The van der Waals surface area contributed by atoms with Gasteiger partial charge in [0.2, 0.25) is 0 Å². The quantitative estimate of drug-likeness (QED) is 0.827. The third-order valence-corrected chi connectivity index (χ3v) is 3.67. The number of hydrogen-bond acceptors (Lipinski definition) is 3. The number of thiocarbonyl (C=S) groups is 1. The molecule has 21 heavy (non-hydrogen) atoms. The van der Waals surface area contributed by atoms with Crippen molar-refractivity contribution in [1.29, 1.82) is 0 Å². The second kappa shape index (κ2) is 6.98. The molecule has 0 aliphatic heterocycles. The molecule has 0 aliphatic carbocycles. The van der Waals surface area contributed by atoms with E-state index >= 15 is 0 Å². The van der Waals surface area contributed by atoms with Crippen LogP contribution < -0.4 is 15.2 Å². The summed E-state index contributed by atoms with van der Waals surface area (Å²) in [6.07, 6.45) is 0. The predicted octanol–water partition coefficient (Wildman–Crippen LogP) is 4.22. The van der Waals surface area contributed by atoms with E-state index in [1.54, 1.807) is 37.4 Å². The molecule has 0 aliphatic rings. The molecular weight excluding hydrogens is 329 g/mol. The summed E-state index contributed by atoms with van der Waals surface area (Å²) < 4.78 is 11.0. The van der Waals surface area contributed by atoms with E-state index < -0.39 is 0 Å². The summed E-state index contributed by atoms with van der Waals surface area (Å²) in [5.41, 5.74) is 7.16. The molecular formula is C15H13Cl2NO2S. The number of hydrogen-bond donors (Lipinski definition) is 1. The summed E-state index contributed by atoms with van der Waals surface area (Å²) in [6.45, 7) is 0.285. The summed E-state index contributed by atoms with van der Waals surface area (Å²) in [6, 6.07) is 10.5. The van der Waals surface area contributed by atoms with Crippen LogP contribution in [0.2, 0.25) is 10.0 Å². The smallest absolute Gasteiger partial charge is 0.162 e. The average Bonchev–Trinajstić information content (AvgIpc) is 2.46. The monoisotopic (exact) mass is 341 g/mol. The molecule has 0 aromatic heterocycles. The molecule has 110 valence electrons. The summed E-state index contributed by atoms with van der Waals surface area (Å²) in [4.78, 5) is 0.298. The van der Waals surface area contributed by atoms with E-state index in [0.717, 1.165) is 5.56 Å². The lowest BCUT2D eigenvalue weighted by molar-refractivity contribution is 0.284. The lowest BCUT2D eigenvalue weighted by atomic mass is 10.2. The predicted molar refractivity (Wildman–Crippen MR) is 89.7 cm³/mol. The molecule has 0 spiro atoms. The highest BCUT2D eigenvalue weighted by Gasteiger charge is 2.09. The van der Waals surface area contributed by atoms with Crippen LogP contribution in [0.4, 0.5) is 0 Å². The van der Waals surface area contributed by atoms with Gasteiger partial charge in [-0.15, -0.1) is 0 Å². The summed E-state index contributed by atoms with van der Waals surface area (Å²) in [7, 11) is 1.57. The molecule has 0 heterocycles.